The molecule has 0 radical (unpaired) electrons. The molecule has 8 heteroatoms. The Labute approximate surface area is 99.7 Å². The Bertz CT molecular complexity index is 541. The first-order valence-electron chi connectivity index (χ1n) is 4.56. The molecule has 0 unspecified atom stereocenters. The number of amides is 1. The van der Waals surface area contributed by atoms with Crippen molar-refractivity contribution in [3.05, 3.63) is 46.3 Å². The molecule has 1 aromatic carbocycles. The summed E-state index contributed by atoms with van der Waals surface area (Å²) in [5, 5.41) is 21.0. The number of nitrogens with one attached hydrogen (secondary N) is 1. The van der Waals surface area contributed by atoms with Gasteiger partial charge in [0.15, 0.2) is 0 Å². The van der Waals surface area contributed by atoms with Crippen LogP contribution in [0.1, 0.15) is 0 Å². The third-order valence-electron chi connectivity index (χ3n) is 1.79. The summed E-state index contributed by atoms with van der Waals surface area (Å²) in [7, 11) is 0. The fraction of sp³-hybridized carbons (Fsp3) is 0. The lowest BCUT2D eigenvalue weighted by Crippen LogP contribution is -2.10. The number of hydrogen-bond donors (Lipinski definition) is 2. The number of aliphatic carboxylic acids is 1. The minimum Gasteiger partial charge on any atom is -0.478 e. The third kappa shape index (κ3) is 3.67. The summed E-state index contributed by atoms with van der Waals surface area (Å²) >= 11 is 0. The highest BCUT2D eigenvalue weighted by Gasteiger charge is 2.16. The molecule has 0 aliphatic rings. The van der Waals surface area contributed by atoms with Gasteiger partial charge >= 0.3 is 5.97 Å². The summed E-state index contributed by atoms with van der Waals surface area (Å²) in [6.07, 6.45) is 1.26. The van der Waals surface area contributed by atoms with E-state index in [-0.39, 0.29) is 5.69 Å². The fourth-order valence-corrected chi connectivity index (χ4v) is 1.08. The number of carbonyl (C=O) groups excluding carboxylic acids is 1. The second kappa shape index (κ2) is 5.53. The number of carboxylic acids is 1. The van der Waals surface area contributed by atoms with Crippen LogP contribution in [-0.2, 0) is 9.59 Å². The van der Waals surface area contributed by atoms with Crippen molar-refractivity contribution in [2.75, 3.05) is 5.32 Å². The molecule has 0 bridgehead atoms. The highest BCUT2D eigenvalue weighted by atomic mass is 19.1. The SMILES string of the molecule is O=C(O)/C=C/C(=O)Nc1ccc(F)cc1[N+](=O)[O-]. The van der Waals surface area contributed by atoms with Gasteiger partial charge in [0.25, 0.3) is 5.69 Å². The predicted molar refractivity (Wildman–Crippen MR) is 58.5 cm³/mol. The standard InChI is InChI=1S/C10H7FN2O5/c11-6-1-2-7(8(5-6)13(17)18)12-9(14)3-4-10(15)16/h1-5H,(H,12,14)(H,15,16)/b4-3+. The molecule has 2 N–H and O–H groups in total. The smallest absolute Gasteiger partial charge is 0.328 e. The third-order valence-corrected chi connectivity index (χ3v) is 1.79. The maximum absolute atomic E-state index is 12.8. The summed E-state index contributed by atoms with van der Waals surface area (Å²) in [4.78, 5) is 31.1. The lowest BCUT2D eigenvalue weighted by Gasteiger charge is -2.03. The molecule has 0 fully saturated rings. The molecule has 0 aliphatic carbocycles. The van der Waals surface area contributed by atoms with Crippen molar-refractivity contribution >= 4 is 23.3 Å². The quantitative estimate of drug-likeness (QED) is 0.478. The van der Waals surface area contributed by atoms with Crippen LogP contribution in [0.15, 0.2) is 30.4 Å². The van der Waals surface area contributed by atoms with E-state index >= 15 is 0 Å². The van der Waals surface area contributed by atoms with E-state index in [2.05, 4.69) is 5.32 Å². The van der Waals surface area contributed by atoms with Gasteiger partial charge in [0.05, 0.1) is 11.0 Å². The van der Waals surface area contributed by atoms with Crippen molar-refractivity contribution in [3.63, 3.8) is 0 Å². The second-order valence-electron chi connectivity index (χ2n) is 3.08. The molecular formula is C10H7FN2O5. The fourth-order valence-electron chi connectivity index (χ4n) is 1.08. The van der Waals surface area contributed by atoms with Gasteiger partial charge in [-0.05, 0) is 12.1 Å². The van der Waals surface area contributed by atoms with Crippen LogP contribution in [0.3, 0.4) is 0 Å². The lowest BCUT2D eigenvalue weighted by atomic mass is 10.2. The van der Waals surface area contributed by atoms with Gasteiger partial charge in [-0.15, -0.1) is 0 Å². The van der Waals surface area contributed by atoms with Crippen molar-refractivity contribution in [1.29, 1.82) is 0 Å². The summed E-state index contributed by atoms with van der Waals surface area (Å²) < 4.78 is 12.8. The van der Waals surface area contributed by atoms with E-state index in [1.807, 2.05) is 0 Å². The summed E-state index contributed by atoms with van der Waals surface area (Å²) in [6.45, 7) is 0. The Kier molecular flexibility index (Phi) is 4.08. The maximum atomic E-state index is 12.8. The summed E-state index contributed by atoms with van der Waals surface area (Å²) in [5.41, 5.74) is -0.839. The second-order valence-corrected chi connectivity index (χ2v) is 3.08. The molecule has 0 aromatic heterocycles. The molecular weight excluding hydrogens is 247 g/mol. The molecule has 0 heterocycles. The molecule has 7 nitrogen and oxygen atoms in total. The number of anilines is 1. The van der Waals surface area contributed by atoms with Crippen molar-refractivity contribution in [2.45, 2.75) is 0 Å². The average molecular weight is 254 g/mol. The number of halogens is 1. The van der Waals surface area contributed by atoms with E-state index in [0.29, 0.717) is 18.2 Å². The molecule has 0 saturated heterocycles. The van der Waals surface area contributed by atoms with Gasteiger partial charge in [-0.1, -0.05) is 0 Å². The molecule has 1 rings (SSSR count). The number of nitrogens with zero attached hydrogens (tertiary/aromatic N) is 1. The average Bonchev–Trinajstić information content (AvgIpc) is 2.28. The van der Waals surface area contributed by atoms with Crippen LogP contribution in [0.4, 0.5) is 15.8 Å². The Morgan fingerprint density at radius 2 is 2.06 bits per heavy atom. The molecule has 1 amide bonds. The minimum atomic E-state index is -1.33. The van der Waals surface area contributed by atoms with Crippen LogP contribution in [0.25, 0.3) is 0 Å². The number of benzene rings is 1. The van der Waals surface area contributed by atoms with Crippen LogP contribution >= 0.6 is 0 Å². The first-order valence-corrected chi connectivity index (χ1v) is 4.56. The molecule has 94 valence electrons. The van der Waals surface area contributed by atoms with Crippen molar-refractivity contribution in [2.24, 2.45) is 0 Å². The van der Waals surface area contributed by atoms with E-state index in [1.54, 1.807) is 0 Å². The van der Waals surface area contributed by atoms with E-state index < -0.39 is 28.3 Å². The molecule has 0 aliphatic heterocycles. The molecule has 0 atom stereocenters. The largest absolute Gasteiger partial charge is 0.478 e. The number of rotatable bonds is 4. The van der Waals surface area contributed by atoms with E-state index in [4.69, 9.17) is 5.11 Å². The van der Waals surface area contributed by atoms with Crippen LogP contribution in [-0.4, -0.2) is 21.9 Å². The monoisotopic (exact) mass is 254 g/mol. The van der Waals surface area contributed by atoms with Crippen molar-refractivity contribution in [1.82, 2.24) is 0 Å². The van der Waals surface area contributed by atoms with E-state index in [0.717, 1.165) is 12.1 Å². The Hall–Kier alpha value is -2.77. The van der Waals surface area contributed by atoms with Gasteiger partial charge in [-0.3, -0.25) is 14.9 Å². The highest BCUT2D eigenvalue weighted by molar-refractivity contribution is 6.03. The first-order chi connectivity index (χ1) is 8.40. The van der Waals surface area contributed by atoms with Crippen LogP contribution < -0.4 is 5.32 Å². The highest BCUT2D eigenvalue weighted by Crippen LogP contribution is 2.24. The number of nitro groups is 1. The number of carbonyl (C=O) groups is 2. The Morgan fingerprint density at radius 1 is 1.39 bits per heavy atom. The zero-order chi connectivity index (χ0) is 13.7. The first kappa shape index (κ1) is 13.3. The van der Waals surface area contributed by atoms with Gasteiger partial charge in [0.1, 0.15) is 11.5 Å². The predicted octanol–water partition coefficient (Wildman–Crippen LogP) is 1.31. The normalized spacial score (nSPS) is 10.3. The zero-order valence-electron chi connectivity index (χ0n) is 8.79. The number of carboxylic acid groups (broad SMARTS) is 1. The van der Waals surface area contributed by atoms with Gasteiger partial charge in [0.2, 0.25) is 5.91 Å². The topological polar surface area (TPSA) is 110 Å². The minimum absolute atomic E-state index is 0.221. The Balaban J connectivity index is 2.94. The van der Waals surface area contributed by atoms with Gasteiger partial charge in [-0.25, -0.2) is 9.18 Å². The van der Waals surface area contributed by atoms with Crippen molar-refractivity contribution in [3.8, 4) is 0 Å². The van der Waals surface area contributed by atoms with Gasteiger partial charge in [-0.2, -0.15) is 0 Å². The van der Waals surface area contributed by atoms with E-state index in [1.165, 1.54) is 0 Å². The number of hydrogen-bond acceptors (Lipinski definition) is 4. The zero-order valence-corrected chi connectivity index (χ0v) is 8.79. The summed E-state index contributed by atoms with van der Waals surface area (Å²) in [5.74, 6) is -3.02. The molecule has 0 saturated carbocycles. The van der Waals surface area contributed by atoms with Crippen LogP contribution in [0.2, 0.25) is 0 Å². The van der Waals surface area contributed by atoms with Crippen molar-refractivity contribution < 1.29 is 24.0 Å². The molecule has 18 heavy (non-hydrogen) atoms. The van der Waals surface area contributed by atoms with Crippen LogP contribution in [0, 0.1) is 15.9 Å². The van der Waals surface area contributed by atoms with Crippen LogP contribution in [0.5, 0.6) is 0 Å². The number of nitro benzene ring substituents is 1. The molecule has 1 aromatic rings. The van der Waals surface area contributed by atoms with Gasteiger partial charge < -0.3 is 10.4 Å². The molecule has 0 spiro atoms. The van der Waals surface area contributed by atoms with E-state index in [9.17, 15) is 24.1 Å². The van der Waals surface area contributed by atoms with Gasteiger partial charge in [0, 0.05) is 12.2 Å². The Morgan fingerprint density at radius 3 is 2.61 bits per heavy atom. The maximum Gasteiger partial charge on any atom is 0.328 e. The summed E-state index contributed by atoms with van der Waals surface area (Å²) in [6, 6.07) is 2.60. The lowest BCUT2D eigenvalue weighted by molar-refractivity contribution is -0.384.